The van der Waals surface area contributed by atoms with Gasteiger partial charge in [-0.3, -0.25) is 9.42 Å². The first kappa shape index (κ1) is 13.1. The first-order valence-corrected chi connectivity index (χ1v) is 6.20. The highest BCUT2D eigenvalue weighted by atomic mass is 31.2. The van der Waals surface area contributed by atoms with Crippen LogP contribution in [0.2, 0.25) is 0 Å². The van der Waals surface area contributed by atoms with Crippen molar-refractivity contribution in [3.63, 3.8) is 0 Å². The smallest absolute Gasteiger partial charge is 0.299 e. The van der Waals surface area contributed by atoms with Gasteiger partial charge in [0, 0.05) is 0 Å². The molecule has 1 atom stereocenters. The Hall–Kier alpha value is 0.0800. The average molecular weight is 212 g/mol. The van der Waals surface area contributed by atoms with Crippen molar-refractivity contribution in [2.75, 3.05) is 6.61 Å². The van der Waals surface area contributed by atoms with Crippen LogP contribution in [0, 0.1) is 0 Å². The second kappa shape index (κ2) is 7.48. The maximum atomic E-state index is 11.9. The maximum Gasteiger partial charge on any atom is 0.510 e. The van der Waals surface area contributed by atoms with Crippen LogP contribution in [0.5, 0.6) is 0 Å². The normalized spacial score (nSPS) is 15.6. The van der Waals surface area contributed by atoms with E-state index in [0.717, 1.165) is 12.8 Å². The summed E-state index contributed by atoms with van der Waals surface area (Å²) in [6.07, 6.45) is 6.23. The predicted molar refractivity (Wildman–Crippen MR) is 50.3 cm³/mol. The standard InChI is InChI=1S/C8H18FO3P/c1-2-3-4-5-6-7-8-12-13(9,10)11/h2-8H2,1H3,(H,10,11). The molecule has 5 heteroatoms. The summed E-state index contributed by atoms with van der Waals surface area (Å²) in [7, 11) is -4.73. The highest BCUT2D eigenvalue weighted by Crippen LogP contribution is 2.43. The molecule has 0 aliphatic heterocycles. The highest BCUT2D eigenvalue weighted by Gasteiger charge is 2.15. The number of rotatable bonds is 8. The van der Waals surface area contributed by atoms with Gasteiger partial charge >= 0.3 is 7.91 Å². The minimum absolute atomic E-state index is 0.0381. The summed E-state index contributed by atoms with van der Waals surface area (Å²) < 4.78 is 26.0. The molecule has 0 rings (SSSR count). The lowest BCUT2D eigenvalue weighted by Gasteiger charge is -2.02. The van der Waals surface area contributed by atoms with Gasteiger partial charge in [-0.05, 0) is 6.42 Å². The molecule has 0 saturated carbocycles. The molecule has 3 nitrogen and oxygen atoms in total. The molecule has 0 fully saturated rings. The van der Waals surface area contributed by atoms with Gasteiger partial charge in [-0.25, -0.2) is 4.57 Å². The molecule has 0 aliphatic rings. The fourth-order valence-corrected chi connectivity index (χ4v) is 1.41. The summed E-state index contributed by atoms with van der Waals surface area (Å²) >= 11 is 0. The van der Waals surface area contributed by atoms with Crippen LogP contribution in [0.4, 0.5) is 4.20 Å². The Labute approximate surface area is 79.0 Å². The molecule has 0 amide bonds. The molecule has 0 saturated heterocycles. The summed E-state index contributed by atoms with van der Waals surface area (Å²) in [6, 6.07) is 0. The minimum Gasteiger partial charge on any atom is -0.299 e. The third-order valence-corrected chi connectivity index (χ3v) is 2.25. The summed E-state index contributed by atoms with van der Waals surface area (Å²) in [5.41, 5.74) is 0. The van der Waals surface area contributed by atoms with Crippen molar-refractivity contribution in [3.05, 3.63) is 0 Å². The second-order valence-electron chi connectivity index (χ2n) is 3.05. The van der Waals surface area contributed by atoms with Crippen LogP contribution in [-0.2, 0) is 9.09 Å². The van der Waals surface area contributed by atoms with Gasteiger partial charge in [0.25, 0.3) is 0 Å². The van der Waals surface area contributed by atoms with Gasteiger partial charge in [0.05, 0.1) is 6.61 Å². The molecule has 0 aromatic rings. The van der Waals surface area contributed by atoms with Gasteiger partial charge in [0.2, 0.25) is 0 Å². The predicted octanol–water partition coefficient (Wildman–Crippen LogP) is 3.43. The van der Waals surface area contributed by atoms with Crippen molar-refractivity contribution in [3.8, 4) is 0 Å². The third kappa shape index (κ3) is 12.1. The molecule has 0 aromatic heterocycles. The summed E-state index contributed by atoms with van der Waals surface area (Å²) in [6.45, 7) is 2.17. The zero-order valence-corrected chi connectivity index (χ0v) is 8.93. The monoisotopic (exact) mass is 212 g/mol. The molecule has 1 N–H and O–H groups in total. The lowest BCUT2D eigenvalue weighted by Crippen LogP contribution is -1.89. The fraction of sp³-hybridized carbons (Fsp3) is 1.00. The van der Waals surface area contributed by atoms with Gasteiger partial charge in [-0.2, -0.15) is 0 Å². The molecule has 80 valence electrons. The quantitative estimate of drug-likeness (QED) is 0.495. The summed E-state index contributed by atoms with van der Waals surface area (Å²) in [5.74, 6) is 0. The Morgan fingerprint density at radius 2 is 1.77 bits per heavy atom. The zero-order valence-electron chi connectivity index (χ0n) is 8.04. The summed E-state index contributed by atoms with van der Waals surface area (Å²) in [4.78, 5) is 8.13. The highest BCUT2D eigenvalue weighted by molar-refractivity contribution is 7.46. The van der Waals surface area contributed by atoms with Gasteiger partial charge in [-0.15, -0.1) is 4.20 Å². The van der Waals surface area contributed by atoms with E-state index in [1.165, 1.54) is 19.3 Å². The van der Waals surface area contributed by atoms with Crippen LogP contribution in [0.25, 0.3) is 0 Å². The average Bonchev–Trinajstić information content (AvgIpc) is 2.01. The van der Waals surface area contributed by atoms with Gasteiger partial charge in [-0.1, -0.05) is 39.0 Å². The molecule has 1 unspecified atom stereocenters. The number of halogens is 1. The van der Waals surface area contributed by atoms with Crippen LogP contribution >= 0.6 is 7.91 Å². The molecule has 0 radical (unpaired) electrons. The molecule has 0 spiro atoms. The van der Waals surface area contributed by atoms with Crippen molar-refractivity contribution in [2.24, 2.45) is 0 Å². The topological polar surface area (TPSA) is 46.5 Å². The van der Waals surface area contributed by atoms with Crippen molar-refractivity contribution < 1.29 is 18.2 Å². The molecule has 0 bridgehead atoms. The lowest BCUT2D eigenvalue weighted by molar-refractivity contribution is 0.221. The van der Waals surface area contributed by atoms with Crippen molar-refractivity contribution in [1.82, 2.24) is 0 Å². The summed E-state index contributed by atoms with van der Waals surface area (Å²) in [5, 5.41) is 0. The van der Waals surface area contributed by atoms with E-state index in [1.54, 1.807) is 0 Å². The van der Waals surface area contributed by atoms with Crippen LogP contribution in [0.15, 0.2) is 0 Å². The molecule has 0 heterocycles. The van der Waals surface area contributed by atoms with Crippen LogP contribution in [-0.4, -0.2) is 11.5 Å². The largest absolute Gasteiger partial charge is 0.510 e. The molecule has 0 aliphatic carbocycles. The Bertz CT molecular complexity index is 157. The third-order valence-electron chi connectivity index (χ3n) is 1.75. The van der Waals surface area contributed by atoms with Gasteiger partial charge in [0.1, 0.15) is 0 Å². The fourth-order valence-electron chi connectivity index (χ4n) is 1.06. The first-order chi connectivity index (χ1) is 6.06. The Morgan fingerprint density at radius 1 is 1.23 bits per heavy atom. The van der Waals surface area contributed by atoms with E-state index < -0.39 is 7.91 Å². The number of hydrogen-bond donors (Lipinski definition) is 1. The number of hydrogen-bond acceptors (Lipinski definition) is 2. The van der Waals surface area contributed by atoms with Crippen LogP contribution in [0.1, 0.15) is 45.4 Å². The molecular formula is C8H18FO3P. The zero-order chi connectivity index (χ0) is 10.2. The van der Waals surface area contributed by atoms with E-state index in [1.807, 2.05) is 0 Å². The van der Waals surface area contributed by atoms with Crippen LogP contribution in [0.3, 0.4) is 0 Å². The molecular weight excluding hydrogens is 194 g/mol. The lowest BCUT2D eigenvalue weighted by atomic mass is 10.1. The maximum absolute atomic E-state index is 11.9. The van der Waals surface area contributed by atoms with E-state index in [0.29, 0.717) is 6.42 Å². The second-order valence-corrected chi connectivity index (χ2v) is 4.21. The van der Waals surface area contributed by atoms with E-state index in [-0.39, 0.29) is 6.61 Å². The SMILES string of the molecule is CCCCCCCCOP(=O)(O)F. The molecule has 13 heavy (non-hydrogen) atoms. The van der Waals surface area contributed by atoms with E-state index in [2.05, 4.69) is 11.4 Å². The van der Waals surface area contributed by atoms with E-state index in [9.17, 15) is 8.76 Å². The Kier molecular flexibility index (Phi) is 7.53. The Balaban J connectivity index is 3.04. The van der Waals surface area contributed by atoms with E-state index >= 15 is 0 Å². The first-order valence-electron chi connectivity index (χ1n) is 4.73. The Morgan fingerprint density at radius 3 is 2.31 bits per heavy atom. The number of unbranched alkanes of at least 4 members (excludes halogenated alkanes) is 5. The van der Waals surface area contributed by atoms with Crippen LogP contribution < -0.4 is 0 Å². The van der Waals surface area contributed by atoms with E-state index in [4.69, 9.17) is 4.89 Å². The minimum atomic E-state index is -4.73. The molecule has 0 aromatic carbocycles. The van der Waals surface area contributed by atoms with Gasteiger partial charge in [0.15, 0.2) is 0 Å². The van der Waals surface area contributed by atoms with Gasteiger partial charge < -0.3 is 0 Å². The van der Waals surface area contributed by atoms with Crippen molar-refractivity contribution in [2.45, 2.75) is 45.4 Å². The van der Waals surface area contributed by atoms with Crippen molar-refractivity contribution in [1.29, 1.82) is 0 Å². The van der Waals surface area contributed by atoms with Crippen molar-refractivity contribution >= 4 is 7.91 Å².